The first-order chi connectivity index (χ1) is 8.61. The summed E-state index contributed by atoms with van der Waals surface area (Å²) in [5.74, 6) is -0.788. The van der Waals surface area contributed by atoms with Gasteiger partial charge in [0.15, 0.2) is 0 Å². The fourth-order valence-corrected chi connectivity index (χ4v) is 1.48. The lowest BCUT2D eigenvalue weighted by Gasteiger charge is -2.15. The second kappa shape index (κ2) is 11.0. The fourth-order valence-electron chi connectivity index (χ4n) is 1.48. The zero-order valence-corrected chi connectivity index (χ0v) is 11.3. The van der Waals surface area contributed by atoms with Crippen molar-refractivity contribution in [2.75, 3.05) is 26.8 Å². The van der Waals surface area contributed by atoms with Crippen molar-refractivity contribution in [3.63, 3.8) is 0 Å². The third-order valence-electron chi connectivity index (χ3n) is 2.43. The van der Waals surface area contributed by atoms with Crippen molar-refractivity contribution in [3.05, 3.63) is 0 Å². The first-order valence-electron chi connectivity index (χ1n) is 6.42. The second-order valence-electron chi connectivity index (χ2n) is 4.17. The normalized spacial score (nSPS) is 12.1. The molecule has 0 aromatic heterocycles. The topological polar surface area (TPSA) is 93.4 Å². The number of hydrogen-bond donors (Lipinski definition) is 3. The lowest BCUT2D eigenvalue weighted by molar-refractivity contribution is -0.130. The number of nitrogens with two attached hydrogens (primary N) is 1. The molecule has 0 fully saturated rings. The van der Waals surface area contributed by atoms with Gasteiger partial charge in [-0.1, -0.05) is 6.92 Å². The maximum absolute atomic E-state index is 11.5. The highest BCUT2D eigenvalue weighted by molar-refractivity contribution is 5.86. The number of primary amides is 1. The minimum atomic E-state index is -0.598. The van der Waals surface area contributed by atoms with Crippen LogP contribution in [0.5, 0.6) is 0 Å². The summed E-state index contributed by atoms with van der Waals surface area (Å²) in [7, 11) is 1.87. The van der Waals surface area contributed by atoms with Gasteiger partial charge in [0.25, 0.3) is 0 Å². The van der Waals surface area contributed by atoms with Gasteiger partial charge >= 0.3 is 0 Å². The molecule has 0 bridgehead atoms. The number of carbonyl (C=O) groups excluding carboxylic acids is 2. The van der Waals surface area contributed by atoms with Gasteiger partial charge in [-0.05, 0) is 39.3 Å². The molecule has 0 aromatic rings. The molecule has 0 saturated heterocycles. The van der Waals surface area contributed by atoms with E-state index in [-0.39, 0.29) is 12.5 Å². The molecule has 0 rings (SSSR count). The Labute approximate surface area is 109 Å². The highest BCUT2D eigenvalue weighted by Gasteiger charge is 2.17. The number of rotatable bonds is 11. The van der Waals surface area contributed by atoms with E-state index in [1.807, 2.05) is 14.0 Å². The molecule has 0 spiro atoms. The molecule has 0 heterocycles. The Morgan fingerprint density at radius 2 is 2.06 bits per heavy atom. The first-order valence-corrected chi connectivity index (χ1v) is 6.42. The van der Waals surface area contributed by atoms with Gasteiger partial charge in [-0.15, -0.1) is 0 Å². The molecule has 6 nitrogen and oxygen atoms in total. The van der Waals surface area contributed by atoms with Crippen molar-refractivity contribution in [1.82, 2.24) is 10.6 Å². The fraction of sp³-hybridized carbons (Fsp3) is 0.833. The van der Waals surface area contributed by atoms with Crippen molar-refractivity contribution < 1.29 is 14.3 Å². The van der Waals surface area contributed by atoms with E-state index in [2.05, 4.69) is 10.6 Å². The van der Waals surface area contributed by atoms with Gasteiger partial charge in [0.1, 0.15) is 12.6 Å². The molecule has 0 aliphatic rings. The average molecular weight is 259 g/mol. The highest BCUT2D eigenvalue weighted by atomic mass is 16.5. The number of nitrogens with one attached hydrogen (secondary N) is 2. The quantitative estimate of drug-likeness (QED) is 0.447. The zero-order valence-electron chi connectivity index (χ0n) is 11.3. The minimum absolute atomic E-state index is 0.0197. The first kappa shape index (κ1) is 16.9. The van der Waals surface area contributed by atoms with E-state index in [1.165, 1.54) is 0 Å². The van der Waals surface area contributed by atoms with Crippen LogP contribution in [0.4, 0.5) is 0 Å². The monoisotopic (exact) mass is 259 g/mol. The molecular formula is C12H25N3O3. The number of hydrogen-bond acceptors (Lipinski definition) is 4. The summed E-state index contributed by atoms with van der Waals surface area (Å²) in [4.78, 5) is 22.6. The molecule has 1 atom stereocenters. The number of ether oxygens (including phenoxy) is 1. The lowest BCUT2D eigenvalue weighted by atomic mass is 10.1. The molecule has 18 heavy (non-hydrogen) atoms. The van der Waals surface area contributed by atoms with E-state index in [1.54, 1.807) is 0 Å². The molecule has 2 amide bonds. The van der Waals surface area contributed by atoms with E-state index < -0.39 is 11.9 Å². The predicted octanol–water partition coefficient (Wildman–Crippen LogP) is -0.227. The smallest absolute Gasteiger partial charge is 0.246 e. The van der Waals surface area contributed by atoms with Crippen LogP contribution in [0.1, 0.15) is 32.6 Å². The van der Waals surface area contributed by atoms with Gasteiger partial charge in [-0.3, -0.25) is 9.59 Å². The summed E-state index contributed by atoms with van der Waals surface area (Å²) in [6.07, 6.45) is 3.21. The summed E-state index contributed by atoms with van der Waals surface area (Å²) in [6, 6.07) is -0.598. The SMILES string of the molecule is CCCOCC(=O)N[C@@H](CCCCNC)C(N)=O. The summed E-state index contributed by atoms with van der Waals surface area (Å²) in [5, 5.41) is 5.62. The molecule has 4 N–H and O–H groups in total. The van der Waals surface area contributed by atoms with Crippen molar-refractivity contribution in [2.45, 2.75) is 38.6 Å². The third-order valence-corrected chi connectivity index (χ3v) is 2.43. The van der Waals surface area contributed by atoms with Crippen LogP contribution in [-0.2, 0) is 14.3 Å². The number of amides is 2. The lowest BCUT2D eigenvalue weighted by Crippen LogP contribution is -2.45. The Morgan fingerprint density at radius 1 is 1.33 bits per heavy atom. The van der Waals surface area contributed by atoms with Gasteiger partial charge in [0.05, 0.1) is 0 Å². The van der Waals surface area contributed by atoms with Crippen molar-refractivity contribution in [3.8, 4) is 0 Å². The molecule has 0 aromatic carbocycles. The Hall–Kier alpha value is -1.14. The number of carbonyl (C=O) groups is 2. The number of unbranched alkanes of at least 4 members (excludes halogenated alkanes) is 1. The van der Waals surface area contributed by atoms with Crippen LogP contribution >= 0.6 is 0 Å². The van der Waals surface area contributed by atoms with E-state index in [9.17, 15) is 9.59 Å². The summed E-state index contributed by atoms with van der Waals surface area (Å²) in [5.41, 5.74) is 5.24. The predicted molar refractivity (Wildman–Crippen MR) is 70.0 cm³/mol. The molecule has 0 unspecified atom stereocenters. The van der Waals surface area contributed by atoms with Crippen molar-refractivity contribution in [1.29, 1.82) is 0 Å². The Bertz CT molecular complexity index is 247. The maximum atomic E-state index is 11.5. The largest absolute Gasteiger partial charge is 0.372 e. The van der Waals surface area contributed by atoms with Gasteiger partial charge in [-0.25, -0.2) is 0 Å². The molecule has 106 valence electrons. The summed E-state index contributed by atoms with van der Waals surface area (Å²) in [6.45, 7) is 3.37. The van der Waals surface area contributed by atoms with E-state index in [0.717, 1.165) is 25.8 Å². The maximum Gasteiger partial charge on any atom is 0.246 e. The van der Waals surface area contributed by atoms with Crippen molar-refractivity contribution in [2.24, 2.45) is 5.73 Å². The molecule has 6 heteroatoms. The van der Waals surface area contributed by atoms with Crippen molar-refractivity contribution >= 4 is 11.8 Å². The van der Waals surface area contributed by atoms with Gasteiger partial charge in [-0.2, -0.15) is 0 Å². The summed E-state index contributed by atoms with van der Waals surface area (Å²) >= 11 is 0. The van der Waals surface area contributed by atoms with Crippen LogP contribution in [0.2, 0.25) is 0 Å². The van der Waals surface area contributed by atoms with E-state index in [0.29, 0.717) is 13.0 Å². The van der Waals surface area contributed by atoms with Crippen LogP contribution in [0, 0.1) is 0 Å². The Balaban J connectivity index is 3.88. The standard InChI is InChI=1S/C12H25N3O3/c1-3-8-18-9-11(16)15-10(12(13)17)6-4-5-7-14-2/h10,14H,3-9H2,1-2H3,(H2,13,17)(H,15,16)/t10-/m0/s1. The zero-order chi connectivity index (χ0) is 13.8. The molecule has 0 saturated carbocycles. The van der Waals surface area contributed by atoms with Gasteiger partial charge < -0.3 is 21.1 Å². The van der Waals surface area contributed by atoms with Crippen LogP contribution in [0.15, 0.2) is 0 Å². The van der Waals surface area contributed by atoms with Crippen LogP contribution in [0.3, 0.4) is 0 Å². The second-order valence-corrected chi connectivity index (χ2v) is 4.17. The third kappa shape index (κ3) is 8.95. The average Bonchev–Trinajstić information content (AvgIpc) is 2.33. The minimum Gasteiger partial charge on any atom is -0.372 e. The Morgan fingerprint density at radius 3 is 2.61 bits per heavy atom. The highest BCUT2D eigenvalue weighted by Crippen LogP contribution is 2.00. The molecule has 0 radical (unpaired) electrons. The van der Waals surface area contributed by atoms with Crippen LogP contribution in [0.25, 0.3) is 0 Å². The van der Waals surface area contributed by atoms with Gasteiger partial charge in [0.2, 0.25) is 11.8 Å². The Kier molecular flexibility index (Phi) is 10.3. The van der Waals surface area contributed by atoms with E-state index >= 15 is 0 Å². The van der Waals surface area contributed by atoms with E-state index in [4.69, 9.17) is 10.5 Å². The van der Waals surface area contributed by atoms with Crippen LogP contribution in [-0.4, -0.2) is 44.7 Å². The van der Waals surface area contributed by atoms with Crippen LogP contribution < -0.4 is 16.4 Å². The summed E-state index contributed by atoms with van der Waals surface area (Å²) < 4.78 is 5.09. The molecule has 0 aliphatic carbocycles. The molecular weight excluding hydrogens is 234 g/mol. The van der Waals surface area contributed by atoms with Gasteiger partial charge in [0, 0.05) is 6.61 Å². The molecule has 0 aliphatic heterocycles.